The second-order valence-corrected chi connectivity index (χ2v) is 4.18. The van der Waals surface area contributed by atoms with Crippen LogP contribution in [-0.2, 0) is 5.33 Å². The van der Waals surface area contributed by atoms with Gasteiger partial charge in [0.2, 0.25) is 0 Å². The van der Waals surface area contributed by atoms with E-state index in [2.05, 4.69) is 36.8 Å². The predicted octanol–water partition coefficient (Wildman–Crippen LogP) is 4.03. The summed E-state index contributed by atoms with van der Waals surface area (Å²) in [6, 6.07) is 5.03. The van der Waals surface area contributed by atoms with Gasteiger partial charge in [-0.05, 0) is 32.9 Å². The second-order valence-electron chi connectivity index (χ2n) is 2.87. The first-order chi connectivity index (χ1) is 6.74. The number of alkyl halides is 1. The Balaban J connectivity index is 2.91. The van der Waals surface area contributed by atoms with E-state index < -0.39 is 0 Å². The topological polar surface area (TPSA) is 12.9 Å². The molecule has 0 unspecified atom stereocenters. The molecule has 1 aromatic heterocycles. The van der Waals surface area contributed by atoms with Crippen LogP contribution in [0.15, 0.2) is 29.0 Å². The Morgan fingerprint density at radius 3 is 2.86 bits per heavy atom. The molecule has 0 bridgehead atoms. The summed E-state index contributed by atoms with van der Waals surface area (Å²) in [5, 5.41) is 2.11. The number of rotatable bonds is 1. The molecule has 0 N–H and O–H groups in total. The first-order valence-corrected chi connectivity index (χ1v) is 5.93. The molecule has 1 heterocycles. The van der Waals surface area contributed by atoms with E-state index in [0.717, 1.165) is 10.9 Å². The molecule has 0 amide bonds. The van der Waals surface area contributed by atoms with Gasteiger partial charge in [0.05, 0.1) is 5.39 Å². The van der Waals surface area contributed by atoms with Gasteiger partial charge < -0.3 is 0 Å². The minimum absolute atomic E-state index is 0.246. The number of fused-ring (bicyclic) bond motifs is 1. The second kappa shape index (κ2) is 3.95. The number of hydrogen-bond donors (Lipinski definition) is 0. The Bertz CT molecular complexity index is 477. The lowest BCUT2D eigenvalue weighted by Gasteiger charge is -2.05. The van der Waals surface area contributed by atoms with Crippen molar-refractivity contribution in [2.75, 3.05) is 0 Å². The van der Waals surface area contributed by atoms with Gasteiger partial charge in [-0.2, -0.15) is 0 Å². The van der Waals surface area contributed by atoms with Gasteiger partial charge in [0, 0.05) is 11.5 Å². The Hall–Kier alpha value is -0.480. The van der Waals surface area contributed by atoms with E-state index >= 15 is 0 Å². The predicted molar refractivity (Wildman–Crippen MR) is 62.0 cm³/mol. The van der Waals surface area contributed by atoms with Gasteiger partial charge in [0.25, 0.3) is 0 Å². The number of aromatic nitrogens is 1. The molecule has 0 saturated carbocycles. The monoisotopic (exact) mass is 317 g/mol. The van der Waals surface area contributed by atoms with E-state index in [1.807, 2.05) is 6.07 Å². The summed E-state index contributed by atoms with van der Waals surface area (Å²) in [5.74, 6) is -0.246. The van der Waals surface area contributed by atoms with Crippen LogP contribution in [0, 0.1) is 5.82 Å². The zero-order valence-electron chi connectivity index (χ0n) is 7.10. The Morgan fingerprint density at radius 1 is 1.36 bits per heavy atom. The first kappa shape index (κ1) is 10.1. The molecule has 0 spiro atoms. The summed E-state index contributed by atoms with van der Waals surface area (Å²) in [6.07, 6.45) is 1.74. The van der Waals surface area contributed by atoms with Crippen LogP contribution in [0.1, 0.15) is 5.56 Å². The van der Waals surface area contributed by atoms with Crippen LogP contribution in [0.3, 0.4) is 0 Å². The van der Waals surface area contributed by atoms with Crippen molar-refractivity contribution in [1.29, 1.82) is 0 Å². The third kappa shape index (κ3) is 1.57. The standard InChI is InChI=1S/C10H6Br2FN/c11-4-6-5-14-10(12)9-7(6)2-1-3-8(9)13/h1-3,5H,4H2. The molecule has 14 heavy (non-hydrogen) atoms. The fourth-order valence-corrected chi connectivity index (χ4v) is 2.33. The Morgan fingerprint density at radius 2 is 2.14 bits per heavy atom. The smallest absolute Gasteiger partial charge is 0.133 e. The average molecular weight is 319 g/mol. The maximum absolute atomic E-state index is 13.5. The first-order valence-electron chi connectivity index (χ1n) is 4.01. The van der Waals surface area contributed by atoms with E-state index in [0.29, 0.717) is 15.3 Å². The minimum Gasteiger partial charge on any atom is -0.248 e. The zero-order valence-corrected chi connectivity index (χ0v) is 10.3. The van der Waals surface area contributed by atoms with Crippen molar-refractivity contribution in [1.82, 2.24) is 4.98 Å². The highest BCUT2D eigenvalue weighted by molar-refractivity contribution is 9.10. The third-order valence-electron chi connectivity index (χ3n) is 2.04. The summed E-state index contributed by atoms with van der Waals surface area (Å²) >= 11 is 6.59. The van der Waals surface area contributed by atoms with E-state index in [1.54, 1.807) is 12.3 Å². The van der Waals surface area contributed by atoms with Crippen LogP contribution in [0.25, 0.3) is 10.8 Å². The summed E-state index contributed by atoms with van der Waals surface area (Å²) in [4.78, 5) is 4.09. The molecule has 0 aliphatic heterocycles. The van der Waals surface area contributed by atoms with E-state index in [4.69, 9.17) is 0 Å². The Kier molecular flexibility index (Phi) is 2.83. The van der Waals surface area contributed by atoms with Gasteiger partial charge in [-0.25, -0.2) is 9.37 Å². The molecule has 1 aromatic carbocycles. The molecular formula is C10H6Br2FN. The molecule has 4 heteroatoms. The lowest BCUT2D eigenvalue weighted by molar-refractivity contribution is 0.639. The SMILES string of the molecule is Fc1cccc2c(CBr)cnc(Br)c12. The molecule has 0 saturated heterocycles. The van der Waals surface area contributed by atoms with Crippen LogP contribution in [-0.4, -0.2) is 4.98 Å². The molecule has 0 fully saturated rings. The van der Waals surface area contributed by atoms with Gasteiger partial charge in [-0.15, -0.1) is 0 Å². The molecule has 2 aromatic rings. The summed E-state index contributed by atoms with van der Waals surface area (Å²) in [6.45, 7) is 0. The molecule has 72 valence electrons. The van der Waals surface area contributed by atoms with Gasteiger partial charge in [-0.3, -0.25) is 0 Å². The fourth-order valence-electron chi connectivity index (χ4n) is 1.38. The highest BCUT2D eigenvalue weighted by atomic mass is 79.9. The number of halogens is 3. The van der Waals surface area contributed by atoms with Gasteiger partial charge in [-0.1, -0.05) is 28.1 Å². The van der Waals surface area contributed by atoms with Crippen molar-refractivity contribution in [3.05, 3.63) is 40.4 Å². The van der Waals surface area contributed by atoms with Crippen LogP contribution in [0.5, 0.6) is 0 Å². The molecule has 0 atom stereocenters. The summed E-state index contributed by atoms with van der Waals surface area (Å²) in [7, 11) is 0. The third-order valence-corrected chi connectivity index (χ3v) is 3.25. The van der Waals surface area contributed by atoms with Crippen LogP contribution in [0.2, 0.25) is 0 Å². The Labute approximate surface area is 97.6 Å². The van der Waals surface area contributed by atoms with Crippen molar-refractivity contribution >= 4 is 42.6 Å². The maximum atomic E-state index is 13.5. The van der Waals surface area contributed by atoms with Gasteiger partial charge in [0.15, 0.2) is 0 Å². The molecule has 1 nitrogen and oxygen atoms in total. The largest absolute Gasteiger partial charge is 0.248 e. The highest BCUT2D eigenvalue weighted by Gasteiger charge is 2.08. The van der Waals surface area contributed by atoms with Crippen molar-refractivity contribution in [2.45, 2.75) is 5.33 Å². The molecule has 0 aliphatic carbocycles. The highest BCUT2D eigenvalue weighted by Crippen LogP contribution is 2.28. The van der Waals surface area contributed by atoms with Crippen LogP contribution in [0.4, 0.5) is 4.39 Å². The average Bonchev–Trinajstić information content (AvgIpc) is 2.18. The van der Waals surface area contributed by atoms with Crippen molar-refractivity contribution in [2.24, 2.45) is 0 Å². The van der Waals surface area contributed by atoms with Gasteiger partial charge in [0.1, 0.15) is 10.4 Å². The van der Waals surface area contributed by atoms with Crippen LogP contribution < -0.4 is 0 Å². The number of hydrogen-bond acceptors (Lipinski definition) is 1. The molecule has 0 radical (unpaired) electrons. The zero-order chi connectivity index (χ0) is 10.1. The maximum Gasteiger partial charge on any atom is 0.133 e. The van der Waals surface area contributed by atoms with Crippen molar-refractivity contribution in [3.8, 4) is 0 Å². The fraction of sp³-hybridized carbons (Fsp3) is 0.100. The number of pyridine rings is 1. The van der Waals surface area contributed by atoms with Crippen LogP contribution >= 0.6 is 31.9 Å². The minimum atomic E-state index is -0.246. The summed E-state index contributed by atoms with van der Waals surface area (Å²) < 4.78 is 14.0. The molecule has 0 aliphatic rings. The summed E-state index contributed by atoms with van der Waals surface area (Å²) in [5.41, 5.74) is 0.989. The van der Waals surface area contributed by atoms with E-state index in [1.165, 1.54) is 6.07 Å². The van der Waals surface area contributed by atoms with E-state index in [-0.39, 0.29) is 5.82 Å². The molecular weight excluding hydrogens is 313 g/mol. The lowest BCUT2D eigenvalue weighted by atomic mass is 10.1. The quantitative estimate of drug-likeness (QED) is 0.571. The number of nitrogens with zero attached hydrogens (tertiary/aromatic N) is 1. The normalized spacial score (nSPS) is 10.8. The number of benzene rings is 1. The lowest BCUT2D eigenvalue weighted by Crippen LogP contribution is -1.89. The van der Waals surface area contributed by atoms with Crippen molar-refractivity contribution in [3.63, 3.8) is 0 Å². The van der Waals surface area contributed by atoms with E-state index in [9.17, 15) is 4.39 Å². The van der Waals surface area contributed by atoms with Crippen molar-refractivity contribution < 1.29 is 4.39 Å². The molecule has 2 rings (SSSR count). The van der Waals surface area contributed by atoms with Gasteiger partial charge >= 0.3 is 0 Å².